The van der Waals surface area contributed by atoms with Crippen LogP contribution < -0.4 is 5.32 Å². The van der Waals surface area contributed by atoms with Crippen LogP contribution in [0.4, 0.5) is 18.9 Å². The molecule has 2 aromatic heterocycles. The van der Waals surface area contributed by atoms with Gasteiger partial charge in [-0.3, -0.25) is 4.79 Å². The maximum atomic E-state index is 13.6. The molecule has 0 saturated heterocycles. The Morgan fingerprint density at radius 1 is 1.04 bits per heavy atom. The highest BCUT2D eigenvalue weighted by molar-refractivity contribution is 6.05. The number of carbonyl (C=O) groups is 1. The first-order chi connectivity index (χ1) is 13.1. The molecule has 3 aromatic rings. The van der Waals surface area contributed by atoms with E-state index in [9.17, 15) is 18.0 Å². The molecule has 0 saturated carbocycles. The topological polar surface area (TPSA) is 59.8 Å². The number of rotatable bonds is 3. The third kappa shape index (κ3) is 4.05. The lowest BCUT2D eigenvalue weighted by Crippen LogP contribution is -2.21. The molecule has 2 heterocycles. The lowest BCUT2D eigenvalue weighted by molar-refractivity contribution is -0.143. The summed E-state index contributed by atoms with van der Waals surface area (Å²) >= 11 is 0. The fraction of sp³-hybridized carbons (Fsp3) is 0.250. The quantitative estimate of drug-likeness (QED) is 0.699. The van der Waals surface area contributed by atoms with Crippen molar-refractivity contribution in [3.05, 3.63) is 71.7 Å². The molecule has 5 nitrogen and oxygen atoms in total. The Hall–Kier alpha value is -3.16. The van der Waals surface area contributed by atoms with Gasteiger partial charge in [0, 0.05) is 11.9 Å². The molecule has 0 atom stereocenters. The molecule has 0 unspecified atom stereocenters. The van der Waals surface area contributed by atoms with Crippen molar-refractivity contribution in [2.75, 3.05) is 5.32 Å². The zero-order valence-electron chi connectivity index (χ0n) is 15.6. The van der Waals surface area contributed by atoms with Crippen molar-refractivity contribution in [3.8, 4) is 5.82 Å². The van der Waals surface area contributed by atoms with E-state index in [-0.39, 0.29) is 11.2 Å². The average Bonchev–Trinajstić information content (AvgIpc) is 3.08. The molecule has 0 spiro atoms. The van der Waals surface area contributed by atoms with Crippen LogP contribution in [-0.2, 0) is 11.6 Å². The molecule has 146 valence electrons. The van der Waals surface area contributed by atoms with E-state index in [0.717, 1.165) is 11.8 Å². The number of anilines is 1. The van der Waals surface area contributed by atoms with Crippen LogP contribution in [0, 0.1) is 0 Å². The van der Waals surface area contributed by atoms with Crippen molar-refractivity contribution in [1.29, 1.82) is 0 Å². The van der Waals surface area contributed by atoms with Crippen LogP contribution in [0.3, 0.4) is 0 Å². The van der Waals surface area contributed by atoms with E-state index in [0.29, 0.717) is 10.4 Å². The van der Waals surface area contributed by atoms with Gasteiger partial charge >= 0.3 is 6.18 Å². The van der Waals surface area contributed by atoms with Crippen LogP contribution >= 0.6 is 0 Å². The number of nitrogens with one attached hydrogen (secondary N) is 1. The van der Waals surface area contributed by atoms with E-state index >= 15 is 0 Å². The minimum Gasteiger partial charge on any atom is -0.322 e. The summed E-state index contributed by atoms with van der Waals surface area (Å²) in [7, 11) is 0. The predicted octanol–water partition coefficient (Wildman–Crippen LogP) is 4.84. The summed E-state index contributed by atoms with van der Waals surface area (Å²) in [5, 5.41) is 6.24. The van der Waals surface area contributed by atoms with Crippen LogP contribution in [0.1, 0.15) is 42.4 Å². The van der Waals surface area contributed by atoms with E-state index in [1.807, 2.05) is 32.9 Å². The van der Waals surface area contributed by atoms with E-state index in [4.69, 9.17) is 0 Å². The molecule has 1 aromatic carbocycles. The monoisotopic (exact) mass is 388 g/mol. The predicted molar refractivity (Wildman–Crippen MR) is 99.5 cm³/mol. The standard InChI is InChI=1S/C20H19F3N4O/c1-19(2,3)13-7-9-14(10-8-13)26-18(28)15-12-25-27(17(15)20(21,22)23)16-6-4-5-11-24-16/h4-12H,1-3H3,(H,26,28). The highest BCUT2D eigenvalue weighted by Crippen LogP contribution is 2.33. The second-order valence-corrected chi connectivity index (χ2v) is 7.29. The largest absolute Gasteiger partial charge is 0.434 e. The highest BCUT2D eigenvalue weighted by Gasteiger charge is 2.40. The summed E-state index contributed by atoms with van der Waals surface area (Å²) in [6.07, 6.45) is -2.53. The Balaban J connectivity index is 1.93. The maximum Gasteiger partial charge on any atom is 0.434 e. The van der Waals surface area contributed by atoms with Gasteiger partial charge < -0.3 is 5.32 Å². The third-order valence-corrected chi connectivity index (χ3v) is 4.16. The van der Waals surface area contributed by atoms with Crippen LogP contribution in [0.25, 0.3) is 5.82 Å². The molecule has 3 rings (SSSR count). The fourth-order valence-electron chi connectivity index (χ4n) is 2.69. The van der Waals surface area contributed by atoms with Gasteiger partial charge in [-0.2, -0.15) is 18.3 Å². The Labute approximate surface area is 160 Å². The number of hydrogen-bond acceptors (Lipinski definition) is 3. The smallest absolute Gasteiger partial charge is 0.322 e. The highest BCUT2D eigenvalue weighted by atomic mass is 19.4. The van der Waals surface area contributed by atoms with Gasteiger partial charge in [0.1, 0.15) is 0 Å². The van der Waals surface area contributed by atoms with Crippen molar-refractivity contribution in [3.63, 3.8) is 0 Å². The Kier molecular flexibility index (Phi) is 4.97. The molecule has 0 aliphatic carbocycles. The molecule has 0 bridgehead atoms. The van der Waals surface area contributed by atoms with Gasteiger partial charge in [-0.05, 0) is 35.2 Å². The molecular weight excluding hydrogens is 369 g/mol. The molecule has 1 amide bonds. The zero-order valence-corrected chi connectivity index (χ0v) is 15.6. The molecule has 0 radical (unpaired) electrons. The van der Waals surface area contributed by atoms with Gasteiger partial charge in [0.15, 0.2) is 11.5 Å². The van der Waals surface area contributed by atoms with Gasteiger partial charge in [0.25, 0.3) is 5.91 Å². The SMILES string of the molecule is CC(C)(C)c1ccc(NC(=O)c2cnn(-c3ccccn3)c2C(F)(F)F)cc1. The molecule has 28 heavy (non-hydrogen) atoms. The summed E-state index contributed by atoms with van der Waals surface area (Å²) in [5.41, 5.74) is -0.371. The summed E-state index contributed by atoms with van der Waals surface area (Å²) in [4.78, 5) is 16.4. The molecule has 1 N–H and O–H groups in total. The van der Waals surface area contributed by atoms with Crippen molar-refractivity contribution in [1.82, 2.24) is 14.8 Å². The average molecular weight is 388 g/mol. The number of alkyl halides is 3. The number of carbonyl (C=O) groups excluding carboxylic acids is 1. The molecule has 8 heteroatoms. The van der Waals surface area contributed by atoms with Crippen LogP contribution in [0.5, 0.6) is 0 Å². The van der Waals surface area contributed by atoms with Crippen molar-refractivity contribution in [2.24, 2.45) is 0 Å². The van der Waals surface area contributed by atoms with Gasteiger partial charge in [-0.15, -0.1) is 0 Å². The second kappa shape index (κ2) is 7.10. The summed E-state index contributed by atoms with van der Waals surface area (Å²) in [6.45, 7) is 6.13. The number of amides is 1. The minimum atomic E-state index is -4.78. The summed E-state index contributed by atoms with van der Waals surface area (Å²) < 4.78 is 41.6. The lowest BCUT2D eigenvalue weighted by Gasteiger charge is -2.19. The number of benzene rings is 1. The molecular formula is C20H19F3N4O. The number of pyridine rings is 1. The first-order valence-corrected chi connectivity index (χ1v) is 8.56. The van der Waals surface area contributed by atoms with Crippen molar-refractivity contribution < 1.29 is 18.0 Å². The summed E-state index contributed by atoms with van der Waals surface area (Å²) in [6, 6.07) is 11.5. The first kappa shape index (κ1) is 19.6. The number of aromatic nitrogens is 3. The van der Waals surface area contributed by atoms with E-state index in [2.05, 4.69) is 15.4 Å². The fourth-order valence-corrected chi connectivity index (χ4v) is 2.69. The van der Waals surface area contributed by atoms with E-state index in [1.165, 1.54) is 12.3 Å². The lowest BCUT2D eigenvalue weighted by atomic mass is 9.87. The number of nitrogens with zero attached hydrogens (tertiary/aromatic N) is 3. The van der Waals surface area contributed by atoms with Crippen LogP contribution in [0.15, 0.2) is 54.9 Å². The van der Waals surface area contributed by atoms with Gasteiger partial charge in [0.2, 0.25) is 0 Å². The molecule has 0 aliphatic heterocycles. The summed E-state index contributed by atoms with van der Waals surface area (Å²) in [5.74, 6) is -0.915. The van der Waals surface area contributed by atoms with E-state index < -0.39 is 23.3 Å². The number of halogens is 3. The third-order valence-electron chi connectivity index (χ3n) is 4.16. The normalized spacial score (nSPS) is 12.1. The van der Waals surface area contributed by atoms with Gasteiger partial charge in [0.05, 0.1) is 11.8 Å². The molecule has 0 aliphatic rings. The minimum absolute atomic E-state index is 0.0246. The van der Waals surface area contributed by atoms with Crippen molar-refractivity contribution >= 4 is 11.6 Å². The van der Waals surface area contributed by atoms with Gasteiger partial charge in [-0.1, -0.05) is 39.0 Å². The zero-order chi connectivity index (χ0) is 20.5. The Bertz CT molecular complexity index is 971. The van der Waals surface area contributed by atoms with Crippen molar-refractivity contribution in [2.45, 2.75) is 32.4 Å². The second-order valence-electron chi connectivity index (χ2n) is 7.29. The van der Waals surface area contributed by atoms with Gasteiger partial charge in [-0.25, -0.2) is 9.67 Å². The van der Waals surface area contributed by atoms with Crippen LogP contribution in [-0.4, -0.2) is 20.7 Å². The molecule has 0 fully saturated rings. The maximum absolute atomic E-state index is 13.6. The Morgan fingerprint density at radius 3 is 2.25 bits per heavy atom. The van der Waals surface area contributed by atoms with E-state index in [1.54, 1.807) is 24.3 Å². The first-order valence-electron chi connectivity index (χ1n) is 8.56. The van der Waals surface area contributed by atoms with Crippen LogP contribution in [0.2, 0.25) is 0 Å². The number of hydrogen-bond donors (Lipinski definition) is 1. The Morgan fingerprint density at radius 2 is 1.71 bits per heavy atom.